The zero-order valence-corrected chi connectivity index (χ0v) is 14.6. The van der Waals surface area contributed by atoms with Gasteiger partial charge in [0.1, 0.15) is 0 Å². The zero-order chi connectivity index (χ0) is 17.9. The van der Waals surface area contributed by atoms with Gasteiger partial charge >= 0.3 is 6.03 Å². The Balaban J connectivity index is 1.59. The van der Waals surface area contributed by atoms with Crippen LogP contribution in [-0.2, 0) is 5.60 Å². The van der Waals surface area contributed by atoms with Crippen LogP contribution >= 0.6 is 0 Å². The second kappa shape index (κ2) is 7.19. The van der Waals surface area contributed by atoms with Gasteiger partial charge in [-0.3, -0.25) is 9.97 Å². The fraction of sp³-hybridized carbons (Fsp3) is 0.421. The van der Waals surface area contributed by atoms with Crippen LogP contribution < -0.4 is 5.32 Å². The van der Waals surface area contributed by atoms with Crippen molar-refractivity contribution >= 4 is 6.03 Å². The van der Waals surface area contributed by atoms with Crippen LogP contribution in [-0.4, -0.2) is 39.1 Å². The summed E-state index contributed by atoms with van der Waals surface area (Å²) < 4.78 is 0. The summed E-state index contributed by atoms with van der Waals surface area (Å²) in [5.41, 5.74) is 1.83. The molecule has 0 spiro atoms. The third kappa shape index (κ3) is 3.79. The lowest BCUT2D eigenvalue weighted by atomic mass is 9.85. The number of pyridine rings is 2. The van der Waals surface area contributed by atoms with Crippen LogP contribution in [0.1, 0.15) is 42.6 Å². The van der Waals surface area contributed by atoms with Crippen molar-refractivity contribution in [2.75, 3.05) is 13.1 Å². The lowest BCUT2D eigenvalue weighted by molar-refractivity contribution is -0.0172. The molecule has 3 heterocycles. The number of hydrogen-bond donors (Lipinski definition) is 2. The molecule has 0 radical (unpaired) electrons. The molecule has 25 heavy (non-hydrogen) atoms. The Hall–Kier alpha value is -2.47. The highest BCUT2D eigenvalue weighted by molar-refractivity contribution is 5.74. The first-order valence-corrected chi connectivity index (χ1v) is 8.59. The Morgan fingerprint density at radius 3 is 2.64 bits per heavy atom. The first kappa shape index (κ1) is 17.4. The number of hydrogen-bond acceptors (Lipinski definition) is 4. The number of amides is 2. The van der Waals surface area contributed by atoms with Crippen molar-refractivity contribution in [1.29, 1.82) is 0 Å². The van der Waals surface area contributed by atoms with E-state index in [1.54, 1.807) is 23.5 Å². The number of carbonyl (C=O) groups is 1. The number of carbonyl (C=O) groups excluding carboxylic acids is 1. The van der Waals surface area contributed by atoms with Crippen molar-refractivity contribution in [3.8, 4) is 0 Å². The Labute approximate surface area is 147 Å². The largest absolute Gasteiger partial charge is 0.385 e. The van der Waals surface area contributed by atoms with E-state index >= 15 is 0 Å². The highest BCUT2D eigenvalue weighted by Gasteiger charge is 2.35. The van der Waals surface area contributed by atoms with Gasteiger partial charge in [-0.05, 0) is 44.4 Å². The van der Waals surface area contributed by atoms with Gasteiger partial charge in [0.2, 0.25) is 0 Å². The van der Waals surface area contributed by atoms with Crippen LogP contribution in [0, 0.1) is 6.92 Å². The predicted octanol–water partition coefficient (Wildman–Crippen LogP) is 2.54. The molecule has 1 aliphatic heterocycles. The number of likely N-dealkylation sites (tertiary alicyclic amines) is 1. The van der Waals surface area contributed by atoms with E-state index in [0.29, 0.717) is 25.9 Å². The van der Waals surface area contributed by atoms with E-state index in [0.717, 1.165) is 16.8 Å². The number of aliphatic hydroxyl groups is 1. The first-order valence-electron chi connectivity index (χ1n) is 8.59. The molecule has 2 aromatic heterocycles. The summed E-state index contributed by atoms with van der Waals surface area (Å²) in [5.74, 6) is 0. The lowest BCUT2D eigenvalue weighted by Gasteiger charge is -2.38. The van der Waals surface area contributed by atoms with Crippen LogP contribution in [0.15, 0.2) is 42.9 Å². The van der Waals surface area contributed by atoms with Gasteiger partial charge in [0, 0.05) is 37.2 Å². The molecule has 1 saturated heterocycles. The molecule has 0 bridgehead atoms. The fourth-order valence-corrected chi connectivity index (χ4v) is 3.30. The molecule has 1 fully saturated rings. The molecule has 1 unspecified atom stereocenters. The van der Waals surface area contributed by atoms with Gasteiger partial charge in [0.05, 0.1) is 17.3 Å². The summed E-state index contributed by atoms with van der Waals surface area (Å²) in [4.78, 5) is 22.7. The average molecular weight is 340 g/mol. The summed E-state index contributed by atoms with van der Waals surface area (Å²) in [6.07, 6.45) is 6.13. The second-order valence-corrected chi connectivity index (χ2v) is 6.64. The van der Waals surface area contributed by atoms with Crippen molar-refractivity contribution < 1.29 is 9.90 Å². The van der Waals surface area contributed by atoms with Gasteiger partial charge in [-0.1, -0.05) is 12.1 Å². The average Bonchev–Trinajstić information content (AvgIpc) is 2.63. The highest BCUT2D eigenvalue weighted by atomic mass is 16.3. The van der Waals surface area contributed by atoms with Crippen LogP contribution in [0.5, 0.6) is 0 Å². The molecule has 0 aliphatic carbocycles. The smallest absolute Gasteiger partial charge is 0.317 e. The van der Waals surface area contributed by atoms with Gasteiger partial charge in [-0.15, -0.1) is 0 Å². The summed E-state index contributed by atoms with van der Waals surface area (Å²) in [6, 6.07) is 7.30. The number of nitrogens with zero attached hydrogens (tertiary/aromatic N) is 3. The second-order valence-electron chi connectivity index (χ2n) is 6.64. The zero-order valence-electron chi connectivity index (χ0n) is 14.6. The molecule has 3 rings (SSSR count). The van der Waals surface area contributed by atoms with Crippen molar-refractivity contribution in [2.45, 2.75) is 38.3 Å². The van der Waals surface area contributed by atoms with Crippen LogP contribution in [0.2, 0.25) is 0 Å². The van der Waals surface area contributed by atoms with Crippen LogP contribution in [0.25, 0.3) is 0 Å². The standard InChI is InChI=1S/C19H24N4O2/c1-14-5-3-10-21-17(14)15(2)22-18(24)23-11-7-19(25,8-12-23)16-6-4-9-20-13-16/h3-6,9-10,13,15,25H,7-8,11-12H2,1-2H3,(H,22,24). The third-order valence-corrected chi connectivity index (χ3v) is 4.88. The molecular weight excluding hydrogens is 316 g/mol. The maximum absolute atomic E-state index is 12.5. The summed E-state index contributed by atoms with van der Waals surface area (Å²) in [6.45, 7) is 4.93. The minimum absolute atomic E-state index is 0.120. The molecule has 6 heteroatoms. The molecule has 0 saturated carbocycles. The van der Waals surface area contributed by atoms with E-state index in [-0.39, 0.29) is 12.1 Å². The molecule has 2 N–H and O–H groups in total. The number of rotatable bonds is 3. The van der Waals surface area contributed by atoms with Crippen molar-refractivity contribution in [1.82, 2.24) is 20.2 Å². The van der Waals surface area contributed by atoms with Gasteiger partial charge in [-0.25, -0.2) is 4.79 Å². The van der Waals surface area contributed by atoms with E-state index in [9.17, 15) is 9.90 Å². The molecule has 1 atom stereocenters. The van der Waals surface area contributed by atoms with E-state index in [2.05, 4.69) is 15.3 Å². The minimum atomic E-state index is -0.909. The molecule has 132 valence electrons. The predicted molar refractivity (Wildman–Crippen MR) is 94.9 cm³/mol. The number of nitrogens with one attached hydrogen (secondary N) is 1. The molecule has 0 aromatic carbocycles. The number of urea groups is 1. The van der Waals surface area contributed by atoms with Crippen LogP contribution in [0.4, 0.5) is 4.79 Å². The third-order valence-electron chi connectivity index (χ3n) is 4.88. The first-order chi connectivity index (χ1) is 12.0. The lowest BCUT2D eigenvalue weighted by Crippen LogP contribution is -2.49. The number of aromatic nitrogens is 2. The Morgan fingerprint density at radius 2 is 2.00 bits per heavy atom. The number of piperidine rings is 1. The Morgan fingerprint density at radius 1 is 1.28 bits per heavy atom. The normalized spacial score (nSPS) is 17.8. The Bertz CT molecular complexity index is 727. The highest BCUT2D eigenvalue weighted by Crippen LogP contribution is 2.32. The number of aryl methyl sites for hydroxylation is 1. The summed E-state index contributed by atoms with van der Waals surface area (Å²) in [5, 5.41) is 13.8. The Kier molecular flexibility index (Phi) is 4.99. The molecule has 1 aliphatic rings. The van der Waals surface area contributed by atoms with Crippen molar-refractivity contribution in [2.24, 2.45) is 0 Å². The topological polar surface area (TPSA) is 78.4 Å². The fourth-order valence-electron chi connectivity index (χ4n) is 3.30. The summed E-state index contributed by atoms with van der Waals surface area (Å²) >= 11 is 0. The molecule has 2 amide bonds. The van der Waals surface area contributed by atoms with Gasteiger partial charge in [0.25, 0.3) is 0 Å². The summed E-state index contributed by atoms with van der Waals surface area (Å²) in [7, 11) is 0. The van der Waals surface area contributed by atoms with Crippen molar-refractivity contribution in [3.05, 3.63) is 59.7 Å². The quantitative estimate of drug-likeness (QED) is 0.900. The molecule has 6 nitrogen and oxygen atoms in total. The van der Waals surface area contributed by atoms with Crippen LogP contribution in [0.3, 0.4) is 0 Å². The van der Waals surface area contributed by atoms with E-state index in [4.69, 9.17) is 0 Å². The van der Waals surface area contributed by atoms with E-state index in [1.165, 1.54) is 0 Å². The van der Waals surface area contributed by atoms with Gasteiger partial charge in [-0.2, -0.15) is 0 Å². The maximum Gasteiger partial charge on any atom is 0.317 e. The minimum Gasteiger partial charge on any atom is -0.385 e. The maximum atomic E-state index is 12.5. The van der Waals surface area contributed by atoms with E-state index in [1.807, 2.05) is 38.1 Å². The monoisotopic (exact) mass is 340 g/mol. The van der Waals surface area contributed by atoms with Gasteiger partial charge in [0.15, 0.2) is 0 Å². The van der Waals surface area contributed by atoms with E-state index < -0.39 is 5.60 Å². The molecular formula is C19H24N4O2. The van der Waals surface area contributed by atoms with Gasteiger partial charge < -0.3 is 15.3 Å². The SMILES string of the molecule is Cc1cccnc1C(C)NC(=O)N1CCC(O)(c2cccnc2)CC1. The molecule has 2 aromatic rings. The van der Waals surface area contributed by atoms with Crippen molar-refractivity contribution in [3.63, 3.8) is 0 Å².